The van der Waals surface area contributed by atoms with Gasteiger partial charge in [-0.2, -0.15) is 13.2 Å². The van der Waals surface area contributed by atoms with E-state index in [4.69, 9.17) is 5.73 Å². The first-order chi connectivity index (χ1) is 9.77. The minimum absolute atomic E-state index is 0.0539. The van der Waals surface area contributed by atoms with Crippen LogP contribution in [0, 0.1) is 11.8 Å². The second-order valence-corrected chi connectivity index (χ2v) is 5.87. The first-order valence-corrected chi connectivity index (χ1v) is 7.19. The Hall–Kier alpha value is -1.47. The Morgan fingerprint density at radius 3 is 2.19 bits per heavy atom. The van der Waals surface area contributed by atoms with E-state index in [9.17, 15) is 22.8 Å². The number of rotatable bonds is 2. The van der Waals surface area contributed by atoms with Gasteiger partial charge in [0, 0.05) is 19.1 Å². The van der Waals surface area contributed by atoms with Crippen LogP contribution in [0.4, 0.5) is 18.0 Å². The summed E-state index contributed by atoms with van der Waals surface area (Å²) >= 11 is 0. The summed E-state index contributed by atoms with van der Waals surface area (Å²) in [6.07, 6.45) is -2.81. The molecule has 0 spiro atoms. The fourth-order valence-corrected chi connectivity index (χ4v) is 3.01. The SMILES string of the molecule is NC(=O)[C@H]1CCN(C(=O)NC2CCC(C(F)(F)F)CC2)C1. The molecule has 2 aliphatic rings. The molecule has 1 aliphatic carbocycles. The van der Waals surface area contributed by atoms with Crippen LogP contribution in [-0.4, -0.2) is 42.1 Å². The van der Waals surface area contributed by atoms with Crippen molar-refractivity contribution in [2.24, 2.45) is 17.6 Å². The fourth-order valence-electron chi connectivity index (χ4n) is 3.01. The topological polar surface area (TPSA) is 75.4 Å². The number of carbonyl (C=O) groups excluding carboxylic acids is 2. The summed E-state index contributed by atoms with van der Waals surface area (Å²) in [5.41, 5.74) is 5.20. The standard InChI is InChI=1S/C13H20F3N3O2/c14-13(15,16)9-1-3-10(4-2-9)18-12(21)19-6-5-8(7-19)11(17)20/h8-10H,1-7H2,(H2,17,20)(H,18,21)/t8-,9?,10?/m0/s1. The second-order valence-electron chi connectivity index (χ2n) is 5.87. The lowest BCUT2D eigenvalue weighted by Crippen LogP contribution is -2.46. The summed E-state index contributed by atoms with van der Waals surface area (Å²) in [5, 5.41) is 2.76. The van der Waals surface area contributed by atoms with Crippen LogP contribution in [0.5, 0.6) is 0 Å². The molecule has 1 aliphatic heterocycles. The molecular weight excluding hydrogens is 287 g/mol. The molecule has 1 atom stereocenters. The van der Waals surface area contributed by atoms with Gasteiger partial charge in [-0.25, -0.2) is 4.79 Å². The van der Waals surface area contributed by atoms with Crippen LogP contribution in [0.2, 0.25) is 0 Å². The van der Waals surface area contributed by atoms with Crippen molar-refractivity contribution in [1.29, 1.82) is 0 Å². The molecule has 3 amide bonds. The van der Waals surface area contributed by atoms with Gasteiger partial charge < -0.3 is 16.0 Å². The monoisotopic (exact) mass is 307 g/mol. The van der Waals surface area contributed by atoms with Crippen LogP contribution in [-0.2, 0) is 4.79 Å². The molecule has 3 N–H and O–H groups in total. The zero-order chi connectivity index (χ0) is 15.6. The number of urea groups is 1. The summed E-state index contributed by atoms with van der Waals surface area (Å²) < 4.78 is 37.7. The number of hydrogen-bond acceptors (Lipinski definition) is 2. The third-order valence-electron chi connectivity index (χ3n) is 4.40. The lowest BCUT2D eigenvalue weighted by Gasteiger charge is -2.31. The van der Waals surface area contributed by atoms with Crippen LogP contribution < -0.4 is 11.1 Å². The highest BCUT2D eigenvalue weighted by Gasteiger charge is 2.41. The molecule has 0 bridgehead atoms. The van der Waals surface area contributed by atoms with Crippen molar-refractivity contribution in [2.75, 3.05) is 13.1 Å². The van der Waals surface area contributed by atoms with E-state index in [1.54, 1.807) is 0 Å². The van der Waals surface area contributed by atoms with E-state index in [-0.39, 0.29) is 30.8 Å². The summed E-state index contributed by atoms with van der Waals surface area (Å²) in [4.78, 5) is 24.6. The van der Waals surface area contributed by atoms with Gasteiger partial charge in [-0.05, 0) is 32.1 Å². The maximum absolute atomic E-state index is 12.6. The van der Waals surface area contributed by atoms with Crippen molar-refractivity contribution >= 4 is 11.9 Å². The van der Waals surface area contributed by atoms with Crippen LogP contribution in [0.1, 0.15) is 32.1 Å². The van der Waals surface area contributed by atoms with E-state index < -0.39 is 18.0 Å². The van der Waals surface area contributed by atoms with E-state index in [2.05, 4.69) is 5.32 Å². The van der Waals surface area contributed by atoms with Gasteiger partial charge in [-0.1, -0.05) is 0 Å². The zero-order valence-electron chi connectivity index (χ0n) is 11.7. The minimum atomic E-state index is -4.14. The summed E-state index contributed by atoms with van der Waals surface area (Å²) in [5.74, 6) is -2.00. The van der Waals surface area contributed by atoms with Gasteiger partial charge in [-0.15, -0.1) is 0 Å². The Morgan fingerprint density at radius 2 is 1.71 bits per heavy atom. The molecule has 0 aromatic heterocycles. The van der Waals surface area contributed by atoms with Crippen LogP contribution >= 0.6 is 0 Å². The molecule has 5 nitrogen and oxygen atoms in total. The summed E-state index contributed by atoms with van der Waals surface area (Å²) in [6.45, 7) is 0.746. The molecule has 2 fully saturated rings. The second kappa shape index (κ2) is 6.11. The smallest absolute Gasteiger partial charge is 0.369 e. The van der Waals surface area contributed by atoms with Gasteiger partial charge in [0.15, 0.2) is 0 Å². The number of nitrogens with two attached hydrogens (primary N) is 1. The summed E-state index contributed by atoms with van der Waals surface area (Å²) in [7, 11) is 0. The van der Waals surface area contributed by atoms with Crippen molar-refractivity contribution < 1.29 is 22.8 Å². The molecule has 1 saturated heterocycles. The molecule has 0 aromatic rings. The Kier molecular flexibility index (Phi) is 4.63. The van der Waals surface area contributed by atoms with Crippen molar-refractivity contribution in [2.45, 2.75) is 44.3 Å². The highest BCUT2D eigenvalue weighted by atomic mass is 19.4. The quantitative estimate of drug-likeness (QED) is 0.813. The normalized spacial score (nSPS) is 30.2. The Labute approximate surface area is 121 Å². The van der Waals surface area contributed by atoms with Gasteiger partial charge in [0.05, 0.1) is 11.8 Å². The average Bonchev–Trinajstić information content (AvgIpc) is 2.88. The highest BCUT2D eigenvalue weighted by molar-refractivity contribution is 5.80. The number of halogens is 3. The Morgan fingerprint density at radius 1 is 1.10 bits per heavy atom. The molecule has 0 radical (unpaired) electrons. The fraction of sp³-hybridized carbons (Fsp3) is 0.846. The first-order valence-electron chi connectivity index (χ1n) is 7.19. The van der Waals surface area contributed by atoms with Crippen molar-refractivity contribution in [1.82, 2.24) is 10.2 Å². The minimum Gasteiger partial charge on any atom is -0.369 e. The molecule has 0 aromatic carbocycles. The number of alkyl halides is 3. The average molecular weight is 307 g/mol. The third kappa shape index (κ3) is 4.01. The Bertz CT molecular complexity index is 406. The van der Waals surface area contributed by atoms with E-state index >= 15 is 0 Å². The molecular formula is C13H20F3N3O2. The van der Waals surface area contributed by atoms with Crippen LogP contribution in [0.3, 0.4) is 0 Å². The molecule has 8 heteroatoms. The van der Waals surface area contributed by atoms with E-state index in [0.717, 1.165) is 0 Å². The largest absolute Gasteiger partial charge is 0.391 e. The Balaban J connectivity index is 1.76. The molecule has 1 heterocycles. The maximum atomic E-state index is 12.6. The predicted octanol–water partition coefficient (Wildman–Crippen LogP) is 1.62. The number of nitrogens with zero attached hydrogens (tertiary/aromatic N) is 1. The van der Waals surface area contributed by atoms with Gasteiger partial charge >= 0.3 is 12.2 Å². The van der Waals surface area contributed by atoms with E-state index in [1.807, 2.05) is 0 Å². The maximum Gasteiger partial charge on any atom is 0.391 e. The highest BCUT2D eigenvalue weighted by Crippen LogP contribution is 2.37. The number of likely N-dealkylation sites (tertiary alicyclic amines) is 1. The van der Waals surface area contributed by atoms with Crippen molar-refractivity contribution in [3.8, 4) is 0 Å². The lowest BCUT2D eigenvalue weighted by atomic mass is 9.85. The molecule has 120 valence electrons. The number of primary amides is 1. The predicted molar refractivity (Wildman–Crippen MR) is 69.2 cm³/mol. The lowest BCUT2D eigenvalue weighted by molar-refractivity contribution is -0.182. The molecule has 2 rings (SSSR count). The van der Waals surface area contributed by atoms with Gasteiger partial charge in [0.1, 0.15) is 0 Å². The summed E-state index contributed by atoms with van der Waals surface area (Å²) in [6, 6.07) is -0.530. The number of carbonyl (C=O) groups is 2. The molecule has 21 heavy (non-hydrogen) atoms. The number of amides is 3. The number of hydrogen-bond donors (Lipinski definition) is 2. The van der Waals surface area contributed by atoms with Crippen molar-refractivity contribution in [3.63, 3.8) is 0 Å². The van der Waals surface area contributed by atoms with E-state index in [1.165, 1.54) is 4.90 Å². The first kappa shape index (κ1) is 15.9. The third-order valence-corrected chi connectivity index (χ3v) is 4.40. The van der Waals surface area contributed by atoms with Gasteiger partial charge in [-0.3, -0.25) is 4.79 Å². The van der Waals surface area contributed by atoms with E-state index in [0.29, 0.717) is 32.4 Å². The van der Waals surface area contributed by atoms with Crippen LogP contribution in [0.25, 0.3) is 0 Å². The van der Waals surface area contributed by atoms with Crippen molar-refractivity contribution in [3.05, 3.63) is 0 Å². The van der Waals surface area contributed by atoms with Gasteiger partial charge in [0.25, 0.3) is 0 Å². The molecule has 0 unspecified atom stereocenters. The van der Waals surface area contributed by atoms with Crippen LogP contribution in [0.15, 0.2) is 0 Å². The number of nitrogens with one attached hydrogen (secondary N) is 1. The van der Waals surface area contributed by atoms with Gasteiger partial charge in [0.2, 0.25) is 5.91 Å². The zero-order valence-corrected chi connectivity index (χ0v) is 11.7. The molecule has 1 saturated carbocycles.